The zero-order chi connectivity index (χ0) is 19.6. The Kier molecular flexibility index (Phi) is 5.12. The van der Waals surface area contributed by atoms with Gasteiger partial charge in [0.25, 0.3) is 0 Å². The molecule has 1 aromatic heterocycles. The highest BCUT2D eigenvalue weighted by Crippen LogP contribution is 2.41. The monoisotopic (exact) mass is 367 g/mol. The van der Waals surface area contributed by atoms with E-state index in [9.17, 15) is 10.1 Å². The molecule has 3 aromatic rings. The highest BCUT2D eigenvalue weighted by atomic mass is 16.6. The molecule has 0 unspecified atom stereocenters. The first-order chi connectivity index (χ1) is 12.9. The highest BCUT2D eigenvalue weighted by molar-refractivity contribution is 5.69. The molecule has 3 rings (SSSR count). The predicted molar refractivity (Wildman–Crippen MR) is 102 cm³/mol. The maximum absolute atomic E-state index is 11.7. The molecule has 0 amide bonds. The minimum Gasteiger partial charge on any atom is -0.493 e. The van der Waals surface area contributed by atoms with E-state index in [1.54, 1.807) is 23.0 Å². The van der Waals surface area contributed by atoms with Crippen LogP contribution in [-0.4, -0.2) is 21.6 Å². The lowest BCUT2D eigenvalue weighted by Gasteiger charge is -2.14. The minimum atomic E-state index is -0.465. The molecule has 0 saturated heterocycles. The molecule has 0 N–H and O–H groups in total. The van der Waals surface area contributed by atoms with Crippen molar-refractivity contribution in [3.05, 3.63) is 69.5 Å². The van der Waals surface area contributed by atoms with Crippen LogP contribution in [0.25, 0.3) is 11.4 Å². The van der Waals surface area contributed by atoms with Crippen molar-refractivity contribution in [2.45, 2.75) is 20.5 Å². The van der Waals surface area contributed by atoms with Crippen LogP contribution < -0.4 is 9.47 Å². The molecule has 0 bridgehead atoms. The summed E-state index contributed by atoms with van der Waals surface area (Å²) in [4.78, 5) is 15.5. The standard InChI is InChI=1S/C20H21N3O4/c1-13-5-6-14(2)16(9-13)12-27-19-17(23(24)25)10-15(11-18(19)26-4)20-21-7-8-22(20)3/h5-11H,12H2,1-4H3. The Morgan fingerprint density at radius 2 is 2.00 bits per heavy atom. The topological polar surface area (TPSA) is 79.4 Å². The second-order valence-corrected chi connectivity index (χ2v) is 6.36. The number of imidazole rings is 1. The summed E-state index contributed by atoms with van der Waals surface area (Å²) in [6, 6.07) is 9.19. The van der Waals surface area contributed by atoms with Gasteiger partial charge in [-0.1, -0.05) is 23.8 Å². The summed E-state index contributed by atoms with van der Waals surface area (Å²) in [5, 5.41) is 11.7. The summed E-state index contributed by atoms with van der Waals surface area (Å²) in [5.41, 5.74) is 3.57. The maximum atomic E-state index is 11.7. The Morgan fingerprint density at radius 1 is 1.22 bits per heavy atom. The number of nitro groups is 1. The number of rotatable bonds is 6. The van der Waals surface area contributed by atoms with Crippen molar-refractivity contribution < 1.29 is 14.4 Å². The molecular weight excluding hydrogens is 346 g/mol. The second kappa shape index (κ2) is 7.49. The van der Waals surface area contributed by atoms with E-state index < -0.39 is 4.92 Å². The fourth-order valence-corrected chi connectivity index (χ4v) is 2.90. The van der Waals surface area contributed by atoms with Gasteiger partial charge in [-0.15, -0.1) is 0 Å². The zero-order valence-electron chi connectivity index (χ0n) is 15.7. The van der Waals surface area contributed by atoms with Crippen molar-refractivity contribution in [1.29, 1.82) is 0 Å². The van der Waals surface area contributed by atoms with Crippen molar-refractivity contribution in [3.8, 4) is 22.9 Å². The lowest BCUT2D eigenvalue weighted by Crippen LogP contribution is -2.04. The van der Waals surface area contributed by atoms with Gasteiger partial charge in [0.15, 0.2) is 5.75 Å². The average Bonchev–Trinajstić information content (AvgIpc) is 3.07. The molecule has 0 aliphatic carbocycles. The van der Waals surface area contributed by atoms with Gasteiger partial charge in [-0.05, 0) is 31.0 Å². The fraction of sp³-hybridized carbons (Fsp3) is 0.250. The number of aromatic nitrogens is 2. The first kappa shape index (κ1) is 18.4. The molecule has 1 heterocycles. The number of methoxy groups -OCH3 is 1. The normalized spacial score (nSPS) is 10.7. The van der Waals surface area contributed by atoms with Gasteiger partial charge in [-0.25, -0.2) is 4.98 Å². The summed E-state index contributed by atoms with van der Waals surface area (Å²) in [6.45, 7) is 4.19. The number of nitro benzene ring substituents is 1. The summed E-state index contributed by atoms with van der Waals surface area (Å²) in [5.74, 6) is 1.02. The van der Waals surface area contributed by atoms with Crippen molar-refractivity contribution in [2.75, 3.05) is 7.11 Å². The fourth-order valence-electron chi connectivity index (χ4n) is 2.90. The van der Waals surface area contributed by atoms with Gasteiger partial charge in [0.05, 0.1) is 12.0 Å². The SMILES string of the molecule is COc1cc(-c2nccn2C)cc([N+](=O)[O-])c1OCc1cc(C)ccc1C. The Bertz CT molecular complexity index is 995. The number of hydrogen-bond acceptors (Lipinski definition) is 5. The number of ether oxygens (including phenoxy) is 2. The van der Waals surface area contributed by atoms with Gasteiger partial charge in [0, 0.05) is 31.1 Å². The Morgan fingerprint density at radius 3 is 2.63 bits per heavy atom. The van der Waals surface area contributed by atoms with Crippen molar-refractivity contribution in [2.24, 2.45) is 7.05 Å². The largest absolute Gasteiger partial charge is 0.493 e. The second-order valence-electron chi connectivity index (χ2n) is 6.36. The molecule has 0 aliphatic heterocycles. The van der Waals surface area contributed by atoms with Gasteiger partial charge in [0.1, 0.15) is 12.4 Å². The first-order valence-corrected chi connectivity index (χ1v) is 8.43. The van der Waals surface area contributed by atoms with Crippen LogP contribution in [-0.2, 0) is 13.7 Å². The van der Waals surface area contributed by atoms with E-state index in [2.05, 4.69) is 4.98 Å². The van der Waals surface area contributed by atoms with Crippen LogP contribution in [0.15, 0.2) is 42.7 Å². The van der Waals surface area contributed by atoms with Crippen LogP contribution in [0.3, 0.4) is 0 Å². The highest BCUT2D eigenvalue weighted by Gasteiger charge is 2.24. The third-order valence-corrected chi connectivity index (χ3v) is 4.41. The van der Waals surface area contributed by atoms with E-state index in [-0.39, 0.29) is 18.0 Å². The van der Waals surface area contributed by atoms with Crippen LogP contribution in [0.2, 0.25) is 0 Å². The van der Waals surface area contributed by atoms with Crippen LogP contribution in [0, 0.1) is 24.0 Å². The average molecular weight is 367 g/mol. The van der Waals surface area contributed by atoms with E-state index in [4.69, 9.17) is 9.47 Å². The third kappa shape index (κ3) is 3.76. The molecule has 0 atom stereocenters. The molecule has 0 spiro atoms. The van der Waals surface area contributed by atoms with E-state index >= 15 is 0 Å². The molecule has 140 valence electrons. The van der Waals surface area contributed by atoms with Gasteiger partial charge in [-0.2, -0.15) is 0 Å². The van der Waals surface area contributed by atoms with E-state index in [0.717, 1.165) is 16.7 Å². The number of nitrogens with zero attached hydrogens (tertiary/aromatic N) is 3. The summed E-state index contributed by atoms with van der Waals surface area (Å²) < 4.78 is 13.0. The quantitative estimate of drug-likeness (QED) is 0.482. The van der Waals surface area contributed by atoms with Crippen molar-refractivity contribution >= 4 is 5.69 Å². The maximum Gasteiger partial charge on any atom is 0.315 e. The predicted octanol–water partition coefficient (Wildman–Crippen LogP) is 4.20. The molecule has 0 aliphatic rings. The summed E-state index contributed by atoms with van der Waals surface area (Å²) >= 11 is 0. The van der Waals surface area contributed by atoms with Crippen molar-refractivity contribution in [1.82, 2.24) is 9.55 Å². The number of benzene rings is 2. The Hall–Kier alpha value is -3.35. The lowest BCUT2D eigenvalue weighted by atomic mass is 10.1. The Balaban J connectivity index is 2.02. The van der Waals surface area contributed by atoms with Crippen molar-refractivity contribution in [3.63, 3.8) is 0 Å². The lowest BCUT2D eigenvalue weighted by molar-refractivity contribution is -0.386. The Labute approximate surface area is 157 Å². The van der Waals surface area contributed by atoms with Crippen LogP contribution >= 0.6 is 0 Å². The van der Waals surface area contributed by atoms with Gasteiger partial charge in [-0.3, -0.25) is 10.1 Å². The summed E-state index contributed by atoms with van der Waals surface area (Å²) in [7, 11) is 3.29. The molecule has 2 aromatic carbocycles. The molecule has 7 nitrogen and oxygen atoms in total. The van der Waals surface area contributed by atoms with E-state index in [1.165, 1.54) is 13.2 Å². The molecule has 0 radical (unpaired) electrons. The van der Waals surface area contributed by atoms with Crippen LogP contribution in [0.1, 0.15) is 16.7 Å². The number of aryl methyl sites for hydroxylation is 3. The van der Waals surface area contributed by atoms with Gasteiger partial charge >= 0.3 is 5.69 Å². The zero-order valence-corrected chi connectivity index (χ0v) is 15.7. The van der Waals surface area contributed by atoms with Gasteiger partial charge in [0.2, 0.25) is 5.75 Å². The van der Waals surface area contributed by atoms with Crippen LogP contribution in [0.4, 0.5) is 5.69 Å². The van der Waals surface area contributed by atoms with Gasteiger partial charge < -0.3 is 14.0 Å². The molecule has 0 saturated carbocycles. The molecule has 0 fully saturated rings. The third-order valence-electron chi connectivity index (χ3n) is 4.41. The first-order valence-electron chi connectivity index (χ1n) is 8.43. The number of hydrogen-bond donors (Lipinski definition) is 0. The molecular formula is C20H21N3O4. The van der Waals surface area contributed by atoms with E-state index in [1.807, 2.05) is 39.1 Å². The molecule has 7 heteroatoms. The minimum absolute atomic E-state index is 0.112. The smallest absolute Gasteiger partial charge is 0.315 e. The molecule has 27 heavy (non-hydrogen) atoms. The van der Waals surface area contributed by atoms with E-state index in [0.29, 0.717) is 17.1 Å². The van der Waals surface area contributed by atoms with Crippen LogP contribution in [0.5, 0.6) is 11.5 Å². The summed E-state index contributed by atoms with van der Waals surface area (Å²) in [6.07, 6.45) is 3.41.